The monoisotopic (exact) mass is 327 g/mol. The van der Waals surface area contributed by atoms with Gasteiger partial charge in [0.05, 0.1) is 4.90 Å². The third kappa shape index (κ3) is 2.93. The number of carbonyl (C=O) groups is 1. The number of fused-ring (bicyclic) bond motifs is 1. The van der Waals surface area contributed by atoms with Crippen molar-refractivity contribution >= 4 is 27.5 Å². The van der Waals surface area contributed by atoms with Crippen LogP contribution in [-0.4, -0.2) is 21.3 Å². The zero-order chi connectivity index (χ0) is 14.9. The highest BCUT2D eigenvalue weighted by Crippen LogP contribution is 2.35. The number of amides is 1. The van der Waals surface area contributed by atoms with Crippen LogP contribution in [0.4, 0.5) is 4.79 Å². The minimum Gasteiger partial charge on any atom is -0.454 e. The summed E-state index contributed by atoms with van der Waals surface area (Å²) in [5.41, 5.74) is 0. The largest absolute Gasteiger partial charge is 0.454 e. The maximum absolute atomic E-state index is 11.8. The molecule has 2 heterocycles. The molecule has 1 aliphatic rings. The second-order valence-electron chi connectivity index (χ2n) is 3.97. The van der Waals surface area contributed by atoms with Crippen molar-refractivity contribution in [1.29, 1.82) is 0 Å². The summed E-state index contributed by atoms with van der Waals surface area (Å²) in [6.45, 7) is 0.0948. The third-order valence-electron chi connectivity index (χ3n) is 2.58. The lowest BCUT2D eigenvalue weighted by atomic mass is 10.3. The number of nitrogens with one attached hydrogen (secondary N) is 1. The van der Waals surface area contributed by atoms with Crippen LogP contribution in [0.5, 0.6) is 17.2 Å². The maximum Gasteiger partial charge on any atom is 0.426 e. The van der Waals surface area contributed by atoms with Gasteiger partial charge >= 0.3 is 6.09 Å². The average molecular weight is 327 g/mol. The number of sulfonamides is 1. The van der Waals surface area contributed by atoms with Crippen molar-refractivity contribution in [2.24, 2.45) is 0 Å². The molecule has 0 radical (unpaired) electrons. The molecular weight excluding hydrogens is 318 g/mol. The number of carbonyl (C=O) groups excluding carboxylic acids is 1. The van der Waals surface area contributed by atoms with E-state index in [-0.39, 0.29) is 17.4 Å². The van der Waals surface area contributed by atoms with E-state index in [4.69, 9.17) is 14.2 Å². The average Bonchev–Trinajstić information content (AvgIpc) is 3.09. The van der Waals surface area contributed by atoms with Crippen molar-refractivity contribution in [3.05, 3.63) is 35.0 Å². The van der Waals surface area contributed by atoms with Gasteiger partial charge in [-0.15, -0.1) is 0 Å². The van der Waals surface area contributed by atoms with Crippen molar-refractivity contribution in [1.82, 2.24) is 4.72 Å². The molecule has 0 spiro atoms. The van der Waals surface area contributed by atoms with Gasteiger partial charge in [-0.3, -0.25) is 0 Å². The topological polar surface area (TPSA) is 90.9 Å². The summed E-state index contributed by atoms with van der Waals surface area (Å²) in [6, 6.07) is 5.88. The highest BCUT2D eigenvalue weighted by atomic mass is 32.2. The Labute approximate surface area is 124 Å². The van der Waals surface area contributed by atoms with Crippen molar-refractivity contribution in [3.8, 4) is 17.2 Å². The van der Waals surface area contributed by atoms with Gasteiger partial charge in [-0.1, -0.05) is 0 Å². The summed E-state index contributed by atoms with van der Waals surface area (Å²) in [6.07, 6.45) is -1.10. The zero-order valence-corrected chi connectivity index (χ0v) is 12.1. The summed E-state index contributed by atoms with van der Waals surface area (Å²) in [5.74, 6) is 1.12. The van der Waals surface area contributed by atoms with Crippen LogP contribution >= 0.6 is 11.3 Å². The molecule has 1 aromatic carbocycles. The molecule has 0 bridgehead atoms. The molecule has 1 aliphatic heterocycles. The van der Waals surface area contributed by atoms with Gasteiger partial charge in [-0.2, -0.15) is 11.3 Å². The van der Waals surface area contributed by atoms with E-state index in [1.807, 2.05) is 4.72 Å². The minimum atomic E-state index is -3.92. The quantitative estimate of drug-likeness (QED) is 0.926. The van der Waals surface area contributed by atoms with Gasteiger partial charge in [0.1, 0.15) is 5.75 Å². The van der Waals surface area contributed by atoms with Crippen LogP contribution in [-0.2, 0) is 10.0 Å². The molecule has 110 valence electrons. The molecule has 7 nitrogen and oxygen atoms in total. The van der Waals surface area contributed by atoms with E-state index in [2.05, 4.69) is 0 Å². The smallest absolute Gasteiger partial charge is 0.426 e. The molecule has 2 aromatic rings. The van der Waals surface area contributed by atoms with Gasteiger partial charge in [0, 0.05) is 11.4 Å². The van der Waals surface area contributed by atoms with Gasteiger partial charge in [0.15, 0.2) is 11.5 Å². The van der Waals surface area contributed by atoms with Crippen LogP contribution in [0.3, 0.4) is 0 Å². The predicted molar refractivity (Wildman–Crippen MR) is 73.2 cm³/mol. The summed E-state index contributed by atoms with van der Waals surface area (Å²) < 4.78 is 40.6. The molecule has 3 rings (SSSR count). The number of thiophene rings is 1. The Morgan fingerprint density at radius 2 is 2.05 bits per heavy atom. The second kappa shape index (κ2) is 5.26. The Morgan fingerprint density at radius 3 is 2.81 bits per heavy atom. The lowest BCUT2D eigenvalue weighted by molar-refractivity contribution is 0.174. The van der Waals surface area contributed by atoms with Crippen LogP contribution in [0.1, 0.15) is 0 Å². The number of rotatable bonds is 3. The van der Waals surface area contributed by atoms with Crippen molar-refractivity contribution in [2.75, 3.05) is 6.79 Å². The first-order valence-corrected chi connectivity index (χ1v) is 8.14. The molecule has 1 amide bonds. The number of ether oxygens (including phenoxy) is 3. The van der Waals surface area contributed by atoms with Gasteiger partial charge in [-0.05, 0) is 23.6 Å². The fourth-order valence-electron chi connectivity index (χ4n) is 1.64. The first kappa shape index (κ1) is 13.7. The van der Waals surface area contributed by atoms with Gasteiger partial charge in [0.2, 0.25) is 6.79 Å². The Bertz CT molecular complexity index is 769. The standard InChI is InChI=1S/C12H9NO6S2/c14-12(13-21(15,16)9-3-4-20-6-9)19-8-1-2-10-11(5-8)18-7-17-10/h1-6H,7H2,(H,13,14). The summed E-state index contributed by atoms with van der Waals surface area (Å²) in [4.78, 5) is 11.7. The van der Waals surface area contributed by atoms with Crippen LogP contribution in [0.15, 0.2) is 39.9 Å². The Hall–Kier alpha value is -2.26. The van der Waals surface area contributed by atoms with Gasteiger partial charge in [-0.25, -0.2) is 17.9 Å². The summed E-state index contributed by atoms with van der Waals surface area (Å²) in [5, 5.41) is 3.01. The Balaban J connectivity index is 1.70. The molecule has 0 aliphatic carbocycles. The van der Waals surface area contributed by atoms with E-state index in [9.17, 15) is 13.2 Å². The highest BCUT2D eigenvalue weighted by molar-refractivity contribution is 7.90. The first-order chi connectivity index (χ1) is 10.0. The zero-order valence-electron chi connectivity index (χ0n) is 10.4. The van der Waals surface area contributed by atoms with E-state index in [0.29, 0.717) is 11.5 Å². The van der Waals surface area contributed by atoms with Crippen LogP contribution in [0.2, 0.25) is 0 Å². The Morgan fingerprint density at radius 1 is 1.24 bits per heavy atom. The molecule has 0 saturated heterocycles. The normalized spacial score (nSPS) is 13.0. The number of hydrogen-bond donors (Lipinski definition) is 1. The molecule has 0 unspecified atom stereocenters. The van der Waals surface area contributed by atoms with E-state index in [0.717, 1.165) is 0 Å². The van der Waals surface area contributed by atoms with Gasteiger partial charge < -0.3 is 14.2 Å². The van der Waals surface area contributed by atoms with E-state index < -0.39 is 16.1 Å². The first-order valence-electron chi connectivity index (χ1n) is 5.71. The fraction of sp³-hybridized carbons (Fsp3) is 0.0833. The molecule has 21 heavy (non-hydrogen) atoms. The molecule has 0 saturated carbocycles. The van der Waals surface area contributed by atoms with E-state index >= 15 is 0 Å². The number of benzene rings is 1. The fourth-order valence-corrected chi connectivity index (χ4v) is 3.54. The van der Waals surface area contributed by atoms with Crippen molar-refractivity contribution < 1.29 is 27.4 Å². The summed E-state index contributed by atoms with van der Waals surface area (Å²) >= 11 is 1.21. The minimum absolute atomic E-state index is 0.00939. The third-order valence-corrected chi connectivity index (χ3v) is 4.72. The number of hydrogen-bond acceptors (Lipinski definition) is 7. The second-order valence-corrected chi connectivity index (χ2v) is 6.43. The Kier molecular flexibility index (Phi) is 3.43. The predicted octanol–water partition coefficient (Wildman–Crippen LogP) is 1.95. The lowest BCUT2D eigenvalue weighted by Crippen LogP contribution is -2.32. The van der Waals surface area contributed by atoms with Crippen LogP contribution in [0.25, 0.3) is 0 Å². The molecule has 1 aromatic heterocycles. The van der Waals surface area contributed by atoms with Crippen LogP contribution < -0.4 is 18.9 Å². The summed E-state index contributed by atoms with van der Waals surface area (Å²) in [7, 11) is -3.92. The molecule has 0 atom stereocenters. The molecular formula is C12H9NO6S2. The SMILES string of the molecule is O=C(NS(=O)(=O)c1ccsc1)Oc1ccc2c(c1)OCO2. The molecule has 1 N–H and O–H groups in total. The maximum atomic E-state index is 11.8. The van der Waals surface area contributed by atoms with Crippen molar-refractivity contribution in [2.45, 2.75) is 4.90 Å². The van der Waals surface area contributed by atoms with Crippen LogP contribution in [0, 0.1) is 0 Å². The lowest BCUT2D eigenvalue weighted by Gasteiger charge is -2.07. The van der Waals surface area contributed by atoms with E-state index in [1.165, 1.54) is 34.9 Å². The van der Waals surface area contributed by atoms with Crippen molar-refractivity contribution in [3.63, 3.8) is 0 Å². The molecule has 9 heteroatoms. The van der Waals surface area contributed by atoms with E-state index in [1.54, 1.807) is 11.4 Å². The highest BCUT2D eigenvalue weighted by Gasteiger charge is 2.20. The van der Waals surface area contributed by atoms with Gasteiger partial charge in [0.25, 0.3) is 10.0 Å². The molecule has 0 fully saturated rings.